The molecule has 1 aliphatic heterocycles. The third-order valence-electron chi connectivity index (χ3n) is 3.38. The number of amides is 1. The number of anilines is 1. The fourth-order valence-corrected chi connectivity index (χ4v) is 2.27. The Hall–Kier alpha value is -1.39. The van der Waals surface area contributed by atoms with Gasteiger partial charge in [0, 0.05) is 18.3 Å². The summed E-state index contributed by atoms with van der Waals surface area (Å²) in [6.07, 6.45) is 0. The van der Waals surface area contributed by atoms with Crippen molar-refractivity contribution in [2.75, 3.05) is 18.5 Å². The maximum atomic E-state index is 12.1. The molecule has 98 valence electrons. The third-order valence-corrected chi connectivity index (χ3v) is 3.38. The van der Waals surface area contributed by atoms with Gasteiger partial charge in [-0.1, -0.05) is 12.1 Å². The maximum absolute atomic E-state index is 12.1. The molecule has 0 aliphatic carbocycles. The molecule has 0 spiro atoms. The van der Waals surface area contributed by atoms with Crippen molar-refractivity contribution < 1.29 is 9.59 Å². The maximum Gasteiger partial charge on any atom is 0.236 e. The topological polar surface area (TPSA) is 63.4 Å². The lowest BCUT2D eigenvalue weighted by atomic mass is 9.85. The van der Waals surface area contributed by atoms with Gasteiger partial charge in [-0.15, -0.1) is 12.4 Å². The van der Waals surface area contributed by atoms with E-state index < -0.39 is 5.41 Å². The zero-order chi connectivity index (χ0) is 12.8. The van der Waals surface area contributed by atoms with Gasteiger partial charge in [0.15, 0.2) is 5.78 Å². The zero-order valence-corrected chi connectivity index (χ0v) is 11.5. The van der Waals surface area contributed by atoms with E-state index in [2.05, 4.69) is 0 Å². The van der Waals surface area contributed by atoms with Gasteiger partial charge < -0.3 is 10.6 Å². The zero-order valence-electron chi connectivity index (χ0n) is 10.7. The van der Waals surface area contributed by atoms with E-state index in [0.29, 0.717) is 5.56 Å². The summed E-state index contributed by atoms with van der Waals surface area (Å²) in [6, 6.07) is 5.33. The standard InChI is InChI=1S/C13H16N2O2.ClH/c1-13(2)9-5-4-8(11(16)7-14)6-10(9)15(3)12(13)17;/h4-6H,7,14H2,1-3H3;1H. The number of Topliss-reactive ketones (excluding diaryl/α,β-unsaturated/α-hetero) is 1. The molecular formula is C13H17ClN2O2. The summed E-state index contributed by atoms with van der Waals surface area (Å²) in [4.78, 5) is 25.2. The molecule has 1 aromatic rings. The van der Waals surface area contributed by atoms with Gasteiger partial charge in [0.1, 0.15) is 0 Å². The molecule has 0 fully saturated rings. The Kier molecular flexibility index (Phi) is 3.84. The highest BCUT2D eigenvalue weighted by Crippen LogP contribution is 2.40. The summed E-state index contributed by atoms with van der Waals surface area (Å²) in [5.74, 6) is -0.0665. The van der Waals surface area contributed by atoms with Gasteiger partial charge in [-0.3, -0.25) is 9.59 Å². The first-order valence-corrected chi connectivity index (χ1v) is 5.55. The molecule has 2 rings (SSSR count). The van der Waals surface area contributed by atoms with Crippen LogP contribution in [-0.2, 0) is 10.2 Å². The minimum atomic E-state index is -0.519. The lowest BCUT2D eigenvalue weighted by molar-refractivity contribution is -0.121. The van der Waals surface area contributed by atoms with Crippen molar-refractivity contribution >= 4 is 29.8 Å². The quantitative estimate of drug-likeness (QED) is 0.827. The molecule has 0 saturated carbocycles. The van der Waals surface area contributed by atoms with Gasteiger partial charge >= 0.3 is 0 Å². The number of benzene rings is 1. The normalized spacial score (nSPS) is 16.2. The lowest BCUT2D eigenvalue weighted by Gasteiger charge is -2.16. The molecule has 0 bridgehead atoms. The molecule has 0 aromatic heterocycles. The summed E-state index contributed by atoms with van der Waals surface area (Å²) in [6.45, 7) is 3.77. The largest absolute Gasteiger partial charge is 0.324 e. The van der Waals surface area contributed by atoms with E-state index in [1.165, 1.54) is 0 Å². The molecule has 2 N–H and O–H groups in total. The number of fused-ring (bicyclic) bond motifs is 1. The van der Waals surface area contributed by atoms with Crippen LogP contribution < -0.4 is 10.6 Å². The minimum absolute atomic E-state index is 0. The first-order chi connectivity index (χ1) is 7.89. The van der Waals surface area contributed by atoms with Crippen LogP contribution in [0.2, 0.25) is 0 Å². The number of nitrogens with zero attached hydrogens (tertiary/aromatic N) is 1. The summed E-state index contributed by atoms with van der Waals surface area (Å²) in [5.41, 5.74) is 7.14. The van der Waals surface area contributed by atoms with Crippen molar-refractivity contribution in [1.29, 1.82) is 0 Å². The van der Waals surface area contributed by atoms with Gasteiger partial charge in [0.25, 0.3) is 0 Å². The van der Waals surface area contributed by atoms with E-state index in [-0.39, 0.29) is 30.6 Å². The molecule has 0 atom stereocenters. The molecule has 1 amide bonds. The molecule has 1 aromatic carbocycles. The Morgan fingerprint density at radius 2 is 2.00 bits per heavy atom. The average molecular weight is 269 g/mol. The highest BCUT2D eigenvalue weighted by Gasteiger charge is 2.42. The van der Waals surface area contributed by atoms with E-state index >= 15 is 0 Å². The number of likely N-dealkylation sites (N-methyl/N-ethyl adjacent to an activating group) is 1. The number of carbonyl (C=O) groups excluding carboxylic acids is 2. The second kappa shape index (κ2) is 4.71. The van der Waals surface area contributed by atoms with Gasteiger partial charge in [-0.25, -0.2) is 0 Å². The van der Waals surface area contributed by atoms with Crippen LogP contribution >= 0.6 is 12.4 Å². The van der Waals surface area contributed by atoms with Crippen LogP contribution in [0.5, 0.6) is 0 Å². The van der Waals surface area contributed by atoms with E-state index in [1.54, 1.807) is 24.1 Å². The Balaban J connectivity index is 0.00000162. The highest BCUT2D eigenvalue weighted by atomic mass is 35.5. The van der Waals surface area contributed by atoms with Crippen molar-refractivity contribution in [3.05, 3.63) is 29.3 Å². The summed E-state index contributed by atoms with van der Waals surface area (Å²) < 4.78 is 0. The second-order valence-corrected chi connectivity index (χ2v) is 4.85. The monoisotopic (exact) mass is 268 g/mol. The van der Waals surface area contributed by atoms with Crippen molar-refractivity contribution in [3.63, 3.8) is 0 Å². The number of hydrogen-bond donors (Lipinski definition) is 1. The number of ketones is 1. The van der Waals surface area contributed by atoms with E-state index in [0.717, 1.165) is 11.3 Å². The first kappa shape index (κ1) is 14.7. The third kappa shape index (κ3) is 1.91. The van der Waals surface area contributed by atoms with Crippen LogP contribution in [0.25, 0.3) is 0 Å². The predicted octanol–water partition coefficient (Wildman–Crippen LogP) is 1.50. The Morgan fingerprint density at radius 3 is 2.56 bits per heavy atom. The Labute approximate surface area is 113 Å². The van der Waals surface area contributed by atoms with Crippen LogP contribution in [0.1, 0.15) is 29.8 Å². The van der Waals surface area contributed by atoms with Gasteiger partial charge in [0.2, 0.25) is 5.91 Å². The van der Waals surface area contributed by atoms with Crippen molar-refractivity contribution in [3.8, 4) is 0 Å². The van der Waals surface area contributed by atoms with Crippen molar-refractivity contribution in [1.82, 2.24) is 0 Å². The number of halogens is 1. The molecule has 18 heavy (non-hydrogen) atoms. The Bertz CT molecular complexity index is 512. The summed E-state index contributed by atoms with van der Waals surface area (Å²) >= 11 is 0. The van der Waals surface area contributed by atoms with E-state index in [4.69, 9.17) is 5.73 Å². The molecule has 1 heterocycles. The fraction of sp³-hybridized carbons (Fsp3) is 0.385. The number of hydrogen-bond acceptors (Lipinski definition) is 3. The van der Waals surface area contributed by atoms with Gasteiger partial charge in [0.05, 0.1) is 12.0 Å². The minimum Gasteiger partial charge on any atom is -0.324 e. The van der Waals surface area contributed by atoms with Crippen LogP contribution in [0, 0.1) is 0 Å². The first-order valence-electron chi connectivity index (χ1n) is 5.55. The molecule has 1 aliphatic rings. The molecule has 5 heteroatoms. The van der Waals surface area contributed by atoms with Crippen LogP contribution in [0.3, 0.4) is 0 Å². The van der Waals surface area contributed by atoms with E-state index in [1.807, 2.05) is 19.9 Å². The second-order valence-electron chi connectivity index (χ2n) is 4.85. The molecule has 4 nitrogen and oxygen atoms in total. The Morgan fingerprint density at radius 1 is 1.39 bits per heavy atom. The summed E-state index contributed by atoms with van der Waals surface area (Å²) in [5, 5.41) is 0. The molecule has 0 radical (unpaired) electrons. The smallest absolute Gasteiger partial charge is 0.236 e. The van der Waals surface area contributed by atoms with Crippen LogP contribution in [-0.4, -0.2) is 25.3 Å². The summed E-state index contributed by atoms with van der Waals surface area (Å²) in [7, 11) is 1.73. The van der Waals surface area contributed by atoms with E-state index in [9.17, 15) is 9.59 Å². The SMILES string of the molecule is CN1C(=O)C(C)(C)c2ccc(C(=O)CN)cc21.Cl. The van der Waals surface area contributed by atoms with Crippen LogP contribution in [0.15, 0.2) is 18.2 Å². The fourth-order valence-electron chi connectivity index (χ4n) is 2.27. The molecular weight excluding hydrogens is 252 g/mol. The predicted molar refractivity (Wildman–Crippen MR) is 73.5 cm³/mol. The molecule has 0 unspecified atom stereocenters. The van der Waals surface area contributed by atoms with Crippen molar-refractivity contribution in [2.45, 2.75) is 19.3 Å². The lowest BCUT2D eigenvalue weighted by Crippen LogP contribution is -2.33. The highest BCUT2D eigenvalue weighted by molar-refractivity contribution is 6.08. The van der Waals surface area contributed by atoms with Crippen molar-refractivity contribution in [2.24, 2.45) is 5.73 Å². The average Bonchev–Trinajstić information content (AvgIpc) is 2.50. The van der Waals surface area contributed by atoms with Crippen LogP contribution in [0.4, 0.5) is 5.69 Å². The number of carbonyl (C=O) groups is 2. The number of nitrogens with two attached hydrogens (primary N) is 1. The molecule has 0 saturated heterocycles. The van der Waals surface area contributed by atoms with Gasteiger partial charge in [-0.05, 0) is 25.5 Å². The number of rotatable bonds is 2. The van der Waals surface area contributed by atoms with Gasteiger partial charge in [-0.2, -0.15) is 0 Å².